The van der Waals surface area contributed by atoms with Gasteiger partial charge in [-0.3, -0.25) is 4.79 Å². The molecular weight excluding hydrogens is 302 g/mol. The second-order valence-corrected chi connectivity index (χ2v) is 7.66. The molecule has 0 radical (unpaired) electrons. The van der Waals surface area contributed by atoms with E-state index in [-0.39, 0.29) is 16.7 Å². The zero-order valence-electron chi connectivity index (χ0n) is 12.7. The van der Waals surface area contributed by atoms with Crippen LogP contribution in [0.4, 0.5) is 0 Å². The lowest BCUT2D eigenvalue weighted by atomic mass is 9.98. The van der Waals surface area contributed by atoms with Crippen molar-refractivity contribution in [1.82, 2.24) is 9.21 Å². The van der Waals surface area contributed by atoms with Gasteiger partial charge in [0.25, 0.3) is 5.91 Å². The standard InChI is InChI=1S/C15H19N3O3S/c1-17(2)22(20,21)14-5-3-4-13(10-14)15(19)18-8-6-12(11-16)7-9-18/h3-5,10,12H,6-9H2,1-2H3. The van der Waals surface area contributed by atoms with Crippen LogP contribution >= 0.6 is 0 Å². The second kappa shape index (κ2) is 6.46. The van der Waals surface area contributed by atoms with Crippen molar-refractivity contribution in [3.8, 4) is 6.07 Å². The Hall–Kier alpha value is -1.91. The molecule has 118 valence electrons. The van der Waals surface area contributed by atoms with Crippen molar-refractivity contribution in [2.45, 2.75) is 17.7 Å². The molecule has 2 rings (SSSR count). The lowest BCUT2D eigenvalue weighted by Crippen LogP contribution is -2.38. The lowest BCUT2D eigenvalue weighted by Gasteiger charge is -2.29. The van der Waals surface area contributed by atoms with E-state index in [0.717, 1.165) is 4.31 Å². The number of carbonyl (C=O) groups excluding carboxylic acids is 1. The molecule has 0 bridgehead atoms. The molecule has 0 aliphatic carbocycles. The number of sulfonamides is 1. The first-order valence-corrected chi connectivity index (χ1v) is 8.51. The third-order valence-electron chi connectivity index (χ3n) is 3.82. The maximum absolute atomic E-state index is 12.5. The predicted molar refractivity (Wildman–Crippen MR) is 81.6 cm³/mol. The van der Waals surface area contributed by atoms with Gasteiger partial charge < -0.3 is 4.90 Å². The smallest absolute Gasteiger partial charge is 0.253 e. The first kappa shape index (κ1) is 16.5. The van der Waals surface area contributed by atoms with Crippen LogP contribution in [0.1, 0.15) is 23.2 Å². The van der Waals surface area contributed by atoms with E-state index in [9.17, 15) is 13.2 Å². The molecule has 7 heteroatoms. The van der Waals surface area contributed by atoms with E-state index in [1.807, 2.05) is 0 Å². The fourth-order valence-corrected chi connectivity index (χ4v) is 3.34. The highest BCUT2D eigenvalue weighted by molar-refractivity contribution is 7.89. The fourth-order valence-electron chi connectivity index (χ4n) is 2.39. The third kappa shape index (κ3) is 3.29. The molecule has 1 heterocycles. The molecule has 1 amide bonds. The van der Waals surface area contributed by atoms with E-state index < -0.39 is 10.0 Å². The van der Waals surface area contributed by atoms with Gasteiger partial charge in [0.15, 0.2) is 0 Å². The molecular formula is C15H19N3O3S. The number of nitrogens with zero attached hydrogens (tertiary/aromatic N) is 3. The Bertz CT molecular complexity index is 699. The minimum Gasteiger partial charge on any atom is -0.339 e. The summed E-state index contributed by atoms with van der Waals surface area (Å²) in [5, 5.41) is 8.89. The van der Waals surface area contributed by atoms with Crippen LogP contribution in [0.3, 0.4) is 0 Å². The highest BCUT2D eigenvalue weighted by atomic mass is 32.2. The van der Waals surface area contributed by atoms with Crippen molar-refractivity contribution in [1.29, 1.82) is 5.26 Å². The first-order chi connectivity index (χ1) is 10.4. The highest BCUT2D eigenvalue weighted by Gasteiger charge is 2.25. The molecule has 22 heavy (non-hydrogen) atoms. The molecule has 0 saturated carbocycles. The largest absolute Gasteiger partial charge is 0.339 e. The summed E-state index contributed by atoms with van der Waals surface area (Å²) in [5.74, 6) is -0.184. The van der Waals surface area contributed by atoms with Gasteiger partial charge in [-0.2, -0.15) is 5.26 Å². The third-order valence-corrected chi connectivity index (χ3v) is 5.64. The van der Waals surface area contributed by atoms with Gasteiger partial charge in [-0.25, -0.2) is 12.7 Å². The van der Waals surface area contributed by atoms with E-state index >= 15 is 0 Å². The van der Waals surface area contributed by atoms with Gasteiger partial charge >= 0.3 is 0 Å². The van der Waals surface area contributed by atoms with Crippen molar-refractivity contribution in [2.75, 3.05) is 27.2 Å². The molecule has 1 fully saturated rings. The number of amides is 1. The SMILES string of the molecule is CN(C)S(=O)(=O)c1cccc(C(=O)N2CCC(C#N)CC2)c1. The zero-order valence-corrected chi connectivity index (χ0v) is 13.5. The summed E-state index contributed by atoms with van der Waals surface area (Å²) >= 11 is 0. The maximum atomic E-state index is 12.5. The predicted octanol–water partition coefficient (Wildman–Crippen LogP) is 1.31. The highest BCUT2D eigenvalue weighted by Crippen LogP contribution is 2.20. The summed E-state index contributed by atoms with van der Waals surface area (Å²) in [6, 6.07) is 8.31. The molecule has 1 aromatic carbocycles. The Morgan fingerprint density at radius 2 is 1.95 bits per heavy atom. The topological polar surface area (TPSA) is 81.5 Å². The van der Waals surface area contributed by atoms with E-state index in [2.05, 4.69) is 6.07 Å². The Kier molecular flexibility index (Phi) is 4.84. The number of piperidine rings is 1. The molecule has 1 aliphatic heterocycles. The van der Waals surface area contributed by atoms with Gasteiger partial charge in [0.2, 0.25) is 10.0 Å². The Morgan fingerprint density at radius 1 is 1.32 bits per heavy atom. The van der Waals surface area contributed by atoms with E-state index in [4.69, 9.17) is 5.26 Å². The minimum absolute atomic E-state index is 0.00417. The van der Waals surface area contributed by atoms with Crippen LogP contribution in [0.5, 0.6) is 0 Å². The summed E-state index contributed by atoms with van der Waals surface area (Å²) in [4.78, 5) is 14.3. The molecule has 1 saturated heterocycles. The first-order valence-electron chi connectivity index (χ1n) is 7.07. The normalized spacial score (nSPS) is 16.5. The number of hydrogen-bond acceptors (Lipinski definition) is 4. The van der Waals surface area contributed by atoms with Crippen molar-refractivity contribution < 1.29 is 13.2 Å². The number of carbonyl (C=O) groups is 1. The van der Waals surface area contributed by atoms with Gasteiger partial charge in [-0.1, -0.05) is 6.07 Å². The summed E-state index contributed by atoms with van der Waals surface area (Å²) in [5.41, 5.74) is 0.360. The zero-order chi connectivity index (χ0) is 16.3. The van der Waals surface area contributed by atoms with Crippen LogP contribution in [0.15, 0.2) is 29.2 Å². The van der Waals surface area contributed by atoms with Gasteiger partial charge in [0, 0.05) is 38.7 Å². The summed E-state index contributed by atoms with van der Waals surface area (Å²) < 4.78 is 25.4. The Labute approximate surface area is 131 Å². The quantitative estimate of drug-likeness (QED) is 0.840. The second-order valence-electron chi connectivity index (χ2n) is 5.51. The van der Waals surface area contributed by atoms with Crippen LogP contribution < -0.4 is 0 Å². The van der Waals surface area contributed by atoms with Gasteiger partial charge in [-0.05, 0) is 31.0 Å². The number of hydrogen-bond donors (Lipinski definition) is 0. The molecule has 6 nitrogen and oxygen atoms in total. The molecule has 1 aliphatic rings. The minimum atomic E-state index is -3.56. The number of rotatable bonds is 3. The van der Waals surface area contributed by atoms with Crippen molar-refractivity contribution in [2.24, 2.45) is 5.92 Å². The Balaban J connectivity index is 2.20. The average molecular weight is 321 g/mol. The molecule has 1 aromatic rings. The van der Waals surface area contributed by atoms with Crippen LogP contribution in [-0.4, -0.2) is 50.7 Å². The van der Waals surface area contributed by atoms with Crippen molar-refractivity contribution in [3.05, 3.63) is 29.8 Å². The van der Waals surface area contributed by atoms with Crippen LogP contribution in [0, 0.1) is 17.2 Å². The Morgan fingerprint density at radius 3 is 2.50 bits per heavy atom. The monoisotopic (exact) mass is 321 g/mol. The molecule has 0 atom stereocenters. The summed E-state index contributed by atoms with van der Waals surface area (Å²) in [6.45, 7) is 1.06. The van der Waals surface area contributed by atoms with Gasteiger partial charge in [-0.15, -0.1) is 0 Å². The number of likely N-dealkylation sites (tertiary alicyclic amines) is 1. The number of nitriles is 1. The molecule has 0 aromatic heterocycles. The molecule has 0 N–H and O–H groups in total. The van der Waals surface area contributed by atoms with Crippen molar-refractivity contribution >= 4 is 15.9 Å². The average Bonchev–Trinajstić information content (AvgIpc) is 2.54. The number of benzene rings is 1. The van der Waals surface area contributed by atoms with E-state index in [0.29, 0.717) is 31.5 Å². The molecule has 0 spiro atoms. The van der Waals surface area contributed by atoms with Crippen LogP contribution in [-0.2, 0) is 10.0 Å². The van der Waals surface area contributed by atoms with Gasteiger partial charge in [0.05, 0.1) is 11.0 Å². The van der Waals surface area contributed by atoms with Crippen molar-refractivity contribution in [3.63, 3.8) is 0 Å². The van der Waals surface area contributed by atoms with Gasteiger partial charge in [0.1, 0.15) is 0 Å². The molecule has 0 unspecified atom stereocenters. The summed E-state index contributed by atoms with van der Waals surface area (Å²) in [6.07, 6.45) is 1.33. The van der Waals surface area contributed by atoms with E-state index in [1.165, 1.54) is 26.2 Å². The maximum Gasteiger partial charge on any atom is 0.253 e. The van der Waals surface area contributed by atoms with Crippen LogP contribution in [0.2, 0.25) is 0 Å². The van der Waals surface area contributed by atoms with E-state index in [1.54, 1.807) is 17.0 Å². The fraction of sp³-hybridized carbons (Fsp3) is 0.467. The lowest BCUT2D eigenvalue weighted by molar-refractivity contribution is 0.0707. The van der Waals surface area contributed by atoms with Crippen LogP contribution in [0.25, 0.3) is 0 Å². The summed E-state index contributed by atoms with van der Waals surface area (Å²) in [7, 11) is -0.647.